The third kappa shape index (κ3) is 5.66. The molecular weight excluding hydrogens is 362 g/mol. The van der Waals surface area contributed by atoms with Crippen LogP contribution in [-0.2, 0) is 16.0 Å². The van der Waals surface area contributed by atoms with E-state index in [0.717, 1.165) is 12.0 Å². The van der Waals surface area contributed by atoms with E-state index in [-0.39, 0.29) is 11.3 Å². The first-order valence-electron chi connectivity index (χ1n) is 8.66. The van der Waals surface area contributed by atoms with Crippen molar-refractivity contribution in [3.05, 3.63) is 59.2 Å². The first-order valence-corrected chi connectivity index (χ1v) is 8.66. The van der Waals surface area contributed by atoms with Crippen molar-refractivity contribution in [2.24, 2.45) is 5.10 Å². The van der Waals surface area contributed by atoms with Crippen LogP contribution >= 0.6 is 0 Å². The topological polar surface area (TPSA) is 120 Å². The number of hydrazone groups is 1. The molecule has 0 aromatic heterocycles. The van der Waals surface area contributed by atoms with Gasteiger partial charge in [0.2, 0.25) is 0 Å². The number of carboxylic acids is 1. The summed E-state index contributed by atoms with van der Waals surface area (Å²) in [5, 5.41) is 17.3. The zero-order valence-electron chi connectivity index (χ0n) is 15.5. The van der Waals surface area contributed by atoms with Crippen molar-refractivity contribution in [3.8, 4) is 5.75 Å². The van der Waals surface area contributed by atoms with Crippen molar-refractivity contribution >= 4 is 29.7 Å². The molecule has 2 N–H and O–H groups in total. The van der Waals surface area contributed by atoms with E-state index in [2.05, 4.69) is 15.8 Å². The number of ether oxygens (including phenoxy) is 1. The summed E-state index contributed by atoms with van der Waals surface area (Å²) in [5.74, 6) is -3.04. The third-order valence-electron chi connectivity index (χ3n) is 3.73. The maximum Gasteiger partial charge on any atom is 0.329 e. The van der Waals surface area contributed by atoms with Crippen LogP contribution in [0.1, 0.15) is 35.3 Å². The maximum atomic E-state index is 11.9. The summed E-state index contributed by atoms with van der Waals surface area (Å²) in [6.45, 7) is 4.05. The minimum Gasteiger partial charge on any atom is -0.545 e. The van der Waals surface area contributed by atoms with E-state index < -0.39 is 17.8 Å². The predicted octanol–water partition coefficient (Wildman–Crippen LogP) is 1.10. The molecule has 0 fully saturated rings. The monoisotopic (exact) mass is 382 g/mol. The van der Waals surface area contributed by atoms with Crippen LogP contribution in [0.25, 0.3) is 0 Å². The summed E-state index contributed by atoms with van der Waals surface area (Å²) in [6, 6.07) is 11.4. The molecule has 2 aromatic carbocycles. The van der Waals surface area contributed by atoms with E-state index in [1.807, 2.05) is 19.1 Å². The first-order chi connectivity index (χ1) is 13.4. The molecule has 8 heteroatoms. The molecule has 0 aliphatic rings. The first kappa shape index (κ1) is 20.6. The molecule has 2 rings (SSSR count). The van der Waals surface area contributed by atoms with Crippen LogP contribution in [0.15, 0.2) is 47.6 Å². The summed E-state index contributed by atoms with van der Waals surface area (Å²) < 4.78 is 5.21. The molecule has 0 aliphatic heterocycles. The van der Waals surface area contributed by atoms with Gasteiger partial charge in [-0.25, -0.2) is 5.43 Å². The second-order valence-corrected chi connectivity index (χ2v) is 5.68. The Hall–Kier alpha value is -3.68. The average Bonchev–Trinajstić information content (AvgIpc) is 2.69. The van der Waals surface area contributed by atoms with Gasteiger partial charge >= 0.3 is 11.8 Å². The summed E-state index contributed by atoms with van der Waals surface area (Å²) in [7, 11) is 0. The predicted molar refractivity (Wildman–Crippen MR) is 102 cm³/mol. The van der Waals surface area contributed by atoms with E-state index in [0.29, 0.717) is 17.9 Å². The van der Waals surface area contributed by atoms with Gasteiger partial charge in [-0.2, -0.15) is 5.10 Å². The highest BCUT2D eigenvalue weighted by atomic mass is 16.5. The fourth-order valence-electron chi connectivity index (χ4n) is 2.30. The number of nitrogens with zero attached hydrogens (tertiary/aromatic N) is 1. The average molecular weight is 382 g/mol. The lowest BCUT2D eigenvalue weighted by molar-refractivity contribution is -0.255. The Morgan fingerprint density at radius 2 is 1.79 bits per heavy atom. The minimum atomic E-state index is -1.39. The van der Waals surface area contributed by atoms with Crippen molar-refractivity contribution in [3.63, 3.8) is 0 Å². The van der Waals surface area contributed by atoms with Crippen LogP contribution < -0.4 is 20.6 Å². The van der Waals surface area contributed by atoms with Gasteiger partial charge in [-0.3, -0.25) is 9.59 Å². The van der Waals surface area contributed by atoms with Gasteiger partial charge in [0.1, 0.15) is 5.75 Å². The Kier molecular flexibility index (Phi) is 7.27. The molecule has 0 heterocycles. The number of carboxylic acid groups (broad SMARTS) is 1. The van der Waals surface area contributed by atoms with Crippen molar-refractivity contribution in [2.45, 2.75) is 20.3 Å². The second-order valence-electron chi connectivity index (χ2n) is 5.68. The second kappa shape index (κ2) is 9.86. The molecular formula is C20H20N3O5-. The molecule has 2 amide bonds. The normalized spacial score (nSPS) is 10.5. The molecule has 0 unspecified atom stereocenters. The van der Waals surface area contributed by atoms with Gasteiger partial charge < -0.3 is 20.0 Å². The molecule has 146 valence electrons. The highest BCUT2D eigenvalue weighted by Crippen LogP contribution is 2.19. The lowest BCUT2D eigenvalue weighted by Crippen LogP contribution is -2.32. The van der Waals surface area contributed by atoms with Crippen molar-refractivity contribution in [2.75, 3.05) is 11.9 Å². The number of amides is 2. The fourth-order valence-corrected chi connectivity index (χ4v) is 2.30. The molecule has 0 saturated carbocycles. The number of rotatable bonds is 7. The molecule has 0 bridgehead atoms. The SMILES string of the molecule is CCOc1ccc(/C=N\NC(=O)C(=O)Nc2ccc(CC)cc2)cc1C(=O)[O-]. The maximum absolute atomic E-state index is 11.9. The molecule has 0 radical (unpaired) electrons. The van der Waals surface area contributed by atoms with Crippen molar-refractivity contribution < 1.29 is 24.2 Å². The van der Waals surface area contributed by atoms with Crippen LogP contribution in [0, 0.1) is 0 Å². The number of aryl methyl sites for hydroxylation is 1. The van der Waals surface area contributed by atoms with Gasteiger partial charge in [0.05, 0.1) is 18.8 Å². The van der Waals surface area contributed by atoms with Crippen molar-refractivity contribution in [1.29, 1.82) is 0 Å². The highest BCUT2D eigenvalue weighted by molar-refractivity contribution is 6.39. The summed E-state index contributed by atoms with van der Waals surface area (Å²) in [4.78, 5) is 34.9. The van der Waals surface area contributed by atoms with E-state index in [9.17, 15) is 19.5 Å². The van der Waals surface area contributed by atoms with Gasteiger partial charge in [-0.1, -0.05) is 19.1 Å². The van der Waals surface area contributed by atoms with E-state index in [4.69, 9.17) is 4.74 Å². The van der Waals surface area contributed by atoms with E-state index in [1.165, 1.54) is 18.3 Å². The number of nitrogens with one attached hydrogen (secondary N) is 2. The number of carbonyl (C=O) groups is 3. The summed E-state index contributed by atoms with van der Waals surface area (Å²) in [5.41, 5.74) is 3.94. The number of anilines is 1. The molecule has 28 heavy (non-hydrogen) atoms. The number of hydrogen-bond acceptors (Lipinski definition) is 6. The Labute approximate surface area is 162 Å². The molecule has 0 spiro atoms. The number of aromatic carboxylic acids is 1. The quantitative estimate of drug-likeness (QED) is 0.422. The standard InChI is InChI=1S/C20H21N3O5/c1-3-13-5-8-15(9-6-13)22-18(24)19(25)23-21-12-14-7-10-17(28-4-2)16(11-14)20(26)27/h5-12H,3-4H2,1-2H3,(H,22,24)(H,23,25)(H,26,27)/p-1/b21-12-. The smallest absolute Gasteiger partial charge is 0.329 e. The summed E-state index contributed by atoms with van der Waals surface area (Å²) in [6.07, 6.45) is 2.08. The van der Waals surface area contributed by atoms with Gasteiger partial charge in [0.15, 0.2) is 0 Å². The Bertz CT molecular complexity index is 891. The van der Waals surface area contributed by atoms with Gasteiger partial charge in [-0.15, -0.1) is 0 Å². The van der Waals surface area contributed by atoms with Gasteiger partial charge in [-0.05, 0) is 54.8 Å². The number of carbonyl (C=O) groups excluding carboxylic acids is 3. The van der Waals surface area contributed by atoms with E-state index in [1.54, 1.807) is 25.1 Å². The molecule has 2 aromatic rings. The fraction of sp³-hybridized carbons (Fsp3) is 0.200. The summed E-state index contributed by atoms with van der Waals surface area (Å²) >= 11 is 0. The van der Waals surface area contributed by atoms with Crippen LogP contribution in [0.2, 0.25) is 0 Å². The Morgan fingerprint density at radius 3 is 2.39 bits per heavy atom. The third-order valence-corrected chi connectivity index (χ3v) is 3.73. The lowest BCUT2D eigenvalue weighted by Gasteiger charge is -2.11. The zero-order valence-corrected chi connectivity index (χ0v) is 15.5. The highest BCUT2D eigenvalue weighted by Gasteiger charge is 2.12. The van der Waals surface area contributed by atoms with Crippen LogP contribution in [0.3, 0.4) is 0 Å². The number of hydrogen-bond donors (Lipinski definition) is 2. The Balaban J connectivity index is 1.97. The van der Waals surface area contributed by atoms with Crippen LogP contribution in [0.4, 0.5) is 5.69 Å². The van der Waals surface area contributed by atoms with Gasteiger partial charge in [0.25, 0.3) is 0 Å². The van der Waals surface area contributed by atoms with Gasteiger partial charge in [0, 0.05) is 11.3 Å². The minimum absolute atomic E-state index is 0.134. The largest absolute Gasteiger partial charge is 0.545 e. The van der Waals surface area contributed by atoms with Crippen molar-refractivity contribution in [1.82, 2.24) is 5.43 Å². The molecule has 0 atom stereocenters. The number of benzene rings is 2. The van der Waals surface area contributed by atoms with Crippen LogP contribution in [0.5, 0.6) is 5.75 Å². The Morgan fingerprint density at radius 1 is 1.07 bits per heavy atom. The molecule has 8 nitrogen and oxygen atoms in total. The molecule has 0 saturated heterocycles. The zero-order chi connectivity index (χ0) is 20.5. The van der Waals surface area contributed by atoms with Crippen LogP contribution in [-0.4, -0.2) is 30.6 Å². The lowest BCUT2D eigenvalue weighted by atomic mass is 10.1. The molecule has 0 aliphatic carbocycles. The van der Waals surface area contributed by atoms with E-state index >= 15 is 0 Å².